The van der Waals surface area contributed by atoms with Gasteiger partial charge in [0, 0.05) is 39.3 Å². The molecule has 3 rings (SSSR count). The summed E-state index contributed by atoms with van der Waals surface area (Å²) < 4.78 is 0. The van der Waals surface area contributed by atoms with E-state index in [-0.39, 0.29) is 53.0 Å². The van der Waals surface area contributed by atoms with Gasteiger partial charge >= 0.3 is 0 Å². The van der Waals surface area contributed by atoms with Crippen LogP contribution >= 0.6 is 70.1 Å². The van der Waals surface area contributed by atoms with Crippen molar-refractivity contribution < 1.29 is 0 Å². The highest BCUT2D eigenvalue weighted by atomic mass is 35.5. The molecule has 3 aromatic heterocycles. The molecule has 3 heterocycles. The van der Waals surface area contributed by atoms with Gasteiger partial charge in [0.25, 0.3) is 0 Å². The Labute approximate surface area is 317 Å². The molecule has 0 aliphatic heterocycles. The van der Waals surface area contributed by atoms with Gasteiger partial charge in [-0.1, -0.05) is 72.4 Å². The highest BCUT2D eigenvalue weighted by molar-refractivity contribution is 7.98. The van der Waals surface area contributed by atoms with E-state index >= 15 is 0 Å². The summed E-state index contributed by atoms with van der Waals surface area (Å²) in [6.07, 6.45) is 5.65. The van der Waals surface area contributed by atoms with Crippen LogP contribution in [0.2, 0.25) is 15.9 Å². The number of nitrogens with two attached hydrogens (primary N) is 4. The Kier molecular flexibility index (Phi) is 52.9. The van der Waals surface area contributed by atoms with Gasteiger partial charge in [-0.15, -0.1) is 0 Å². The number of anilines is 3. The van der Waals surface area contributed by atoms with E-state index in [0.717, 1.165) is 13.1 Å². The van der Waals surface area contributed by atoms with Gasteiger partial charge < -0.3 is 38.9 Å². The largest absolute Gasteiger partial charge is 0.354 e. The third kappa shape index (κ3) is 31.5. The summed E-state index contributed by atoms with van der Waals surface area (Å²) in [5.74, 6) is 1.69. The maximum atomic E-state index is 5.65. The van der Waals surface area contributed by atoms with Crippen LogP contribution in [0.1, 0.15) is 51.0 Å². The van der Waals surface area contributed by atoms with Crippen LogP contribution in [0, 0.1) is 0 Å². The first-order valence-corrected chi connectivity index (χ1v) is 17.3. The average Bonchev–Trinajstić information content (AvgIpc) is 3.01. The molecule has 284 valence electrons. The summed E-state index contributed by atoms with van der Waals surface area (Å²) in [6, 6.07) is 0. The van der Waals surface area contributed by atoms with Crippen molar-refractivity contribution in [2.75, 3.05) is 81.0 Å². The minimum absolute atomic E-state index is 0. The molecule has 0 fully saturated rings. The third-order valence-electron chi connectivity index (χ3n) is 3.57. The molecule has 0 aromatic carbocycles. The molecule has 0 saturated heterocycles. The lowest BCUT2D eigenvalue weighted by Gasteiger charge is -2.07. The molecule has 0 aliphatic carbocycles. The smallest absolute Gasteiger partial charge is 0.228 e. The quantitative estimate of drug-likeness (QED) is 0.116. The highest BCUT2D eigenvalue weighted by Gasteiger charge is 2.04. The van der Waals surface area contributed by atoms with Gasteiger partial charge in [0.2, 0.25) is 33.7 Å². The summed E-state index contributed by atoms with van der Waals surface area (Å²) >= 11 is 20.9. The van der Waals surface area contributed by atoms with Crippen LogP contribution in [-0.2, 0) is 0 Å². The maximum absolute atomic E-state index is 5.65. The predicted molar refractivity (Wildman–Crippen MR) is 218 cm³/mol. The number of hydrogen-bond donors (Lipinski definition) is 7. The first kappa shape index (κ1) is 61.4. The Morgan fingerprint density at radius 3 is 1.12 bits per heavy atom. The van der Waals surface area contributed by atoms with Gasteiger partial charge in [-0.2, -0.15) is 44.9 Å². The fraction of sp³-hybridized carbons (Fsp3) is 0.654. The molecule has 0 aliphatic rings. The molecule has 0 unspecified atom stereocenters. The standard InChI is InChI=1S/C8H16N6S.C6H9ClN4S.C4H3Cl2N3S.C2H8N2.CH5N.5CH4/c1-3-10-6-12-7(11-5-4-9)14-8(13-6)15-2;1-3-8-5-9-4(7)10-6(11-5)12-2;1-10-4-8-2(5)7-3(6)9-4;3-1-2-4;1-2;;;;;/h3-5,9H2,1-2H3,(H2,10,11,12,13,14);3H2,1-2H3,(H,8,9,10,11);1H3;1-4H2;2H2,1H3;5*1H4. The normalized spacial score (nSPS) is 8.44. The second kappa shape index (κ2) is 41.4. The summed E-state index contributed by atoms with van der Waals surface area (Å²) in [5.41, 5.74) is 19.7. The van der Waals surface area contributed by atoms with E-state index in [4.69, 9.17) is 52.0 Å². The third-order valence-corrected chi connectivity index (χ3v) is 5.72. The zero-order valence-corrected chi connectivity index (χ0v) is 29.7. The van der Waals surface area contributed by atoms with Crippen LogP contribution in [0.15, 0.2) is 15.5 Å². The van der Waals surface area contributed by atoms with Crippen molar-refractivity contribution in [3.8, 4) is 0 Å². The van der Waals surface area contributed by atoms with Gasteiger partial charge in [-0.25, -0.2) is 0 Å². The topological polar surface area (TPSA) is 256 Å². The van der Waals surface area contributed by atoms with Crippen molar-refractivity contribution in [2.45, 2.75) is 66.5 Å². The van der Waals surface area contributed by atoms with Crippen LogP contribution < -0.4 is 38.9 Å². The van der Waals surface area contributed by atoms with Gasteiger partial charge in [0.1, 0.15) is 0 Å². The van der Waals surface area contributed by atoms with E-state index in [9.17, 15) is 0 Å². The lowest BCUT2D eigenvalue weighted by molar-refractivity contribution is 0.885. The van der Waals surface area contributed by atoms with Gasteiger partial charge in [-0.3, -0.25) is 0 Å². The van der Waals surface area contributed by atoms with Crippen LogP contribution in [0.25, 0.3) is 0 Å². The Morgan fingerprint density at radius 2 is 0.792 bits per heavy atom. The van der Waals surface area contributed by atoms with Crippen LogP contribution in [0.4, 0.5) is 17.8 Å². The summed E-state index contributed by atoms with van der Waals surface area (Å²) in [7, 11) is 1.50. The monoisotopic (exact) mass is 798 g/mol. The number of nitrogens with zero attached hydrogens (tertiary/aromatic N) is 9. The number of nitrogens with one attached hydrogen (secondary N) is 3. The molecule has 22 heteroatoms. The molecule has 0 spiro atoms. The summed E-state index contributed by atoms with van der Waals surface area (Å²) in [6.45, 7) is 7.93. The van der Waals surface area contributed by atoms with E-state index < -0.39 is 0 Å². The zero-order chi connectivity index (χ0) is 33.0. The Bertz CT molecular complexity index is 1110. The van der Waals surface area contributed by atoms with Crippen LogP contribution in [-0.4, -0.2) is 110 Å². The number of halogens is 3. The minimum atomic E-state index is 0. The number of aromatic nitrogens is 9. The second-order valence-electron chi connectivity index (χ2n) is 6.60. The predicted octanol–water partition coefficient (Wildman–Crippen LogP) is 5.63. The molecule has 16 nitrogen and oxygen atoms in total. The minimum Gasteiger partial charge on any atom is -0.354 e. The SMILES string of the molecule is C.C.C.C.C.CCNc1nc(Cl)nc(SC)n1.CCNc1nc(NCCN)nc(SC)n1.CN.CSc1nc(Cl)nc(Cl)n1.NCCN. The molecule has 0 atom stereocenters. The lowest BCUT2D eigenvalue weighted by Crippen LogP contribution is -2.16. The summed E-state index contributed by atoms with van der Waals surface area (Å²) in [4.78, 5) is 35.6. The van der Waals surface area contributed by atoms with Crippen molar-refractivity contribution in [3.63, 3.8) is 0 Å². The van der Waals surface area contributed by atoms with Crippen LogP contribution in [0.5, 0.6) is 0 Å². The molecular weight excluding hydrogens is 739 g/mol. The van der Waals surface area contributed by atoms with Gasteiger partial charge in [0.15, 0.2) is 15.5 Å². The second-order valence-corrected chi connectivity index (χ2v) is 9.93. The molecule has 0 radical (unpaired) electrons. The molecule has 11 N–H and O–H groups in total. The lowest BCUT2D eigenvalue weighted by atomic mass is 10.6. The molecule has 0 bridgehead atoms. The average molecular weight is 800 g/mol. The highest BCUT2D eigenvalue weighted by Crippen LogP contribution is 2.14. The van der Waals surface area contributed by atoms with E-state index in [1.165, 1.54) is 42.3 Å². The first-order valence-electron chi connectivity index (χ1n) is 12.5. The molecular formula is C26H61Cl3N16S3. The summed E-state index contributed by atoms with van der Waals surface area (Å²) in [5, 5.41) is 11.4. The van der Waals surface area contributed by atoms with E-state index in [2.05, 4.69) is 66.5 Å². The Morgan fingerprint density at radius 1 is 0.479 bits per heavy atom. The van der Waals surface area contributed by atoms with Gasteiger partial charge in [-0.05, 0) is 74.5 Å². The van der Waals surface area contributed by atoms with E-state index in [0.29, 0.717) is 59.5 Å². The van der Waals surface area contributed by atoms with Crippen LogP contribution in [0.3, 0.4) is 0 Å². The fourth-order valence-electron chi connectivity index (χ4n) is 2.01. The zero-order valence-electron chi connectivity index (χ0n) is 24.9. The van der Waals surface area contributed by atoms with Crippen molar-refractivity contribution in [1.82, 2.24) is 44.9 Å². The molecule has 0 saturated carbocycles. The van der Waals surface area contributed by atoms with Crippen molar-refractivity contribution in [3.05, 3.63) is 15.9 Å². The maximum Gasteiger partial charge on any atom is 0.228 e. The number of rotatable bonds is 11. The van der Waals surface area contributed by atoms with E-state index in [1.54, 1.807) is 0 Å². The van der Waals surface area contributed by atoms with E-state index in [1.807, 2.05) is 32.6 Å². The molecule has 48 heavy (non-hydrogen) atoms. The van der Waals surface area contributed by atoms with Gasteiger partial charge in [0.05, 0.1) is 0 Å². The first-order chi connectivity index (χ1) is 20.7. The Balaban J connectivity index is -0.0000000936. The number of thioether (sulfide) groups is 3. The molecule has 0 amide bonds. The Hall–Kier alpha value is -1.81. The molecule has 3 aromatic rings. The fourth-order valence-corrected chi connectivity index (χ4v) is 3.75. The van der Waals surface area contributed by atoms with Crippen molar-refractivity contribution in [2.24, 2.45) is 22.9 Å². The van der Waals surface area contributed by atoms with Crippen molar-refractivity contribution in [1.29, 1.82) is 0 Å². The van der Waals surface area contributed by atoms with Crippen molar-refractivity contribution >= 4 is 87.9 Å². The number of hydrogen-bond acceptors (Lipinski definition) is 19.